The van der Waals surface area contributed by atoms with E-state index in [9.17, 15) is 15.2 Å². The Kier molecular flexibility index (Phi) is 4.50. The van der Waals surface area contributed by atoms with Gasteiger partial charge < -0.3 is 5.11 Å². The van der Waals surface area contributed by atoms with Crippen molar-refractivity contribution in [1.82, 2.24) is 4.98 Å². The van der Waals surface area contributed by atoms with E-state index in [-0.39, 0.29) is 10.6 Å². The van der Waals surface area contributed by atoms with Gasteiger partial charge in [-0.2, -0.15) is 0 Å². The van der Waals surface area contributed by atoms with Crippen LogP contribution in [0.4, 0.5) is 11.5 Å². The van der Waals surface area contributed by atoms with Crippen LogP contribution in [0.2, 0.25) is 5.02 Å². The molecule has 6 nitrogen and oxygen atoms in total. The molecule has 20 heavy (non-hydrogen) atoms. The third-order valence-electron chi connectivity index (χ3n) is 2.31. The van der Waals surface area contributed by atoms with E-state index in [0.717, 1.165) is 9.64 Å². The lowest BCUT2D eigenvalue weighted by Gasteiger charge is -2.10. The highest BCUT2D eigenvalue weighted by atomic mass is 127. The minimum atomic E-state index is -0.769. The third-order valence-corrected chi connectivity index (χ3v) is 3.16. The van der Waals surface area contributed by atoms with Gasteiger partial charge in [-0.05, 0) is 52.1 Å². The Morgan fingerprint density at radius 2 is 2.15 bits per heavy atom. The summed E-state index contributed by atoms with van der Waals surface area (Å²) in [5.74, 6) is -0.332. The van der Waals surface area contributed by atoms with Gasteiger partial charge >= 0.3 is 0 Å². The zero-order valence-electron chi connectivity index (χ0n) is 9.79. The van der Waals surface area contributed by atoms with E-state index in [4.69, 9.17) is 11.6 Å². The van der Waals surface area contributed by atoms with Crippen molar-refractivity contribution in [2.75, 3.05) is 0 Å². The van der Waals surface area contributed by atoms with Crippen LogP contribution in [0.1, 0.15) is 5.56 Å². The normalized spacial score (nSPS) is 10.9. The predicted octanol–water partition coefficient (Wildman–Crippen LogP) is 3.07. The molecule has 0 spiro atoms. The molecule has 0 aliphatic rings. The lowest BCUT2D eigenvalue weighted by atomic mass is 10.2. The molecular weight excluding hydrogens is 397 g/mol. The van der Waals surface area contributed by atoms with Gasteiger partial charge in [0, 0.05) is 27.1 Å². The second-order valence-electron chi connectivity index (χ2n) is 3.69. The monoisotopic (exact) mass is 402 g/mol. The number of halogens is 2. The highest BCUT2D eigenvalue weighted by Gasteiger charge is 2.11. The van der Waals surface area contributed by atoms with Gasteiger partial charge in [-0.3, -0.25) is 10.1 Å². The third kappa shape index (κ3) is 3.42. The number of nitro benzene ring substituents is 1. The zero-order valence-corrected chi connectivity index (χ0v) is 12.7. The van der Waals surface area contributed by atoms with E-state index in [1.165, 1.54) is 12.3 Å². The van der Waals surface area contributed by atoms with Crippen LogP contribution >= 0.6 is 34.2 Å². The molecule has 102 valence electrons. The van der Waals surface area contributed by atoms with Crippen molar-refractivity contribution in [3.8, 4) is 5.75 Å². The van der Waals surface area contributed by atoms with Crippen molar-refractivity contribution in [2.45, 2.75) is 0 Å². The van der Waals surface area contributed by atoms with Crippen LogP contribution in [-0.4, -0.2) is 16.1 Å². The van der Waals surface area contributed by atoms with Crippen molar-refractivity contribution in [3.05, 3.63) is 54.7 Å². The highest BCUT2D eigenvalue weighted by molar-refractivity contribution is 14.1. The maximum Gasteiger partial charge on any atom is 0.263 e. The van der Waals surface area contributed by atoms with Crippen molar-refractivity contribution in [3.63, 3.8) is 0 Å². The summed E-state index contributed by atoms with van der Waals surface area (Å²) < 4.78 is 0.949. The quantitative estimate of drug-likeness (QED) is 0.341. The molecule has 0 saturated heterocycles. The maximum atomic E-state index is 11.8. The molecule has 0 saturated carbocycles. The first-order chi connectivity index (χ1) is 9.47. The molecule has 0 aliphatic heterocycles. The van der Waals surface area contributed by atoms with Crippen molar-refractivity contribution < 1.29 is 10.0 Å². The number of rotatable bonds is 3. The van der Waals surface area contributed by atoms with Crippen LogP contribution in [0.15, 0.2) is 35.5 Å². The van der Waals surface area contributed by atoms with E-state index in [1.807, 2.05) is 0 Å². The fourth-order valence-corrected chi connectivity index (χ4v) is 1.95. The fraction of sp³-hybridized carbons (Fsp3) is 0. The summed E-state index contributed by atoms with van der Waals surface area (Å²) in [4.78, 5) is 18.0. The standard InChI is InChI=1S/C12H7ClIN3O3/c13-8-3-7(12(18)10(4-8)17(19)20)5-15-11-2-1-9(14)6-16-11/h1-6,18H/p-1. The number of nitro groups is 1. The molecule has 0 bridgehead atoms. The molecule has 1 aromatic carbocycles. The first-order valence-corrected chi connectivity index (χ1v) is 6.73. The smallest absolute Gasteiger partial charge is 0.263 e. The number of hydrogen-bond acceptors (Lipinski definition) is 5. The number of pyridine rings is 1. The first-order valence-electron chi connectivity index (χ1n) is 5.28. The summed E-state index contributed by atoms with van der Waals surface area (Å²) in [6.45, 7) is 0. The van der Waals surface area contributed by atoms with Crippen LogP contribution in [0.3, 0.4) is 0 Å². The lowest BCUT2D eigenvalue weighted by Crippen LogP contribution is -2.02. The van der Waals surface area contributed by atoms with Gasteiger partial charge in [0.15, 0.2) is 5.82 Å². The number of nitrogens with zero attached hydrogens (tertiary/aromatic N) is 3. The number of aliphatic imine (C=N–C) groups is 1. The van der Waals surface area contributed by atoms with Crippen LogP contribution in [0.5, 0.6) is 5.75 Å². The van der Waals surface area contributed by atoms with E-state index >= 15 is 0 Å². The van der Waals surface area contributed by atoms with E-state index in [0.29, 0.717) is 5.82 Å². The second kappa shape index (κ2) is 6.14. The molecule has 1 aromatic heterocycles. The van der Waals surface area contributed by atoms with Crippen LogP contribution in [-0.2, 0) is 0 Å². The minimum absolute atomic E-state index is 0.0459. The summed E-state index contributed by atoms with van der Waals surface area (Å²) in [5.41, 5.74) is -0.529. The largest absolute Gasteiger partial charge is 0.867 e. The Balaban J connectivity index is 2.38. The Hall–Kier alpha value is -1.74. The fourth-order valence-electron chi connectivity index (χ4n) is 1.41. The average molecular weight is 403 g/mol. The molecule has 0 radical (unpaired) electrons. The van der Waals surface area contributed by atoms with Crippen LogP contribution in [0, 0.1) is 13.7 Å². The Bertz CT molecular complexity index is 689. The Morgan fingerprint density at radius 1 is 1.40 bits per heavy atom. The zero-order chi connectivity index (χ0) is 14.7. The maximum absolute atomic E-state index is 11.8. The molecule has 0 atom stereocenters. The van der Waals surface area contributed by atoms with E-state index < -0.39 is 16.4 Å². The Labute approximate surface area is 132 Å². The molecule has 0 unspecified atom stereocenters. The molecule has 1 heterocycles. The summed E-state index contributed by atoms with van der Waals surface area (Å²) in [5, 5.41) is 22.7. The van der Waals surface area contributed by atoms with E-state index in [2.05, 4.69) is 32.6 Å². The molecule has 8 heteroatoms. The SMILES string of the molecule is O=[N+]([O-])c1cc(Cl)cc(C=Nc2ccc(I)cn2)c1[O-]. The summed E-state index contributed by atoms with van der Waals surface area (Å²) >= 11 is 7.85. The highest BCUT2D eigenvalue weighted by Crippen LogP contribution is 2.30. The van der Waals surface area contributed by atoms with Crippen LogP contribution in [0.25, 0.3) is 0 Å². The topological polar surface area (TPSA) is 91.5 Å². The van der Waals surface area contributed by atoms with Gasteiger partial charge in [0.05, 0.1) is 4.92 Å². The number of benzene rings is 1. The van der Waals surface area contributed by atoms with Gasteiger partial charge in [0.2, 0.25) is 0 Å². The van der Waals surface area contributed by atoms with Crippen LogP contribution < -0.4 is 5.11 Å². The molecule has 0 amide bonds. The minimum Gasteiger partial charge on any atom is -0.867 e. The van der Waals surface area contributed by atoms with Gasteiger partial charge in [0.25, 0.3) is 5.69 Å². The molecule has 0 fully saturated rings. The summed E-state index contributed by atoms with van der Waals surface area (Å²) in [6.07, 6.45) is 2.84. The second-order valence-corrected chi connectivity index (χ2v) is 5.38. The Morgan fingerprint density at radius 3 is 2.75 bits per heavy atom. The number of hydrogen-bond donors (Lipinski definition) is 0. The lowest BCUT2D eigenvalue weighted by molar-refractivity contribution is -0.398. The summed E-state index contributed by atoms with van der Waals surface area (Å²) in [7, 11) is 0. The molecule has 2 rings (SSSR count). The molecule has 0 aliphatic carbocycles. The van der Waals surface area contributed by atoms with Crippen molar-refractivity contribution >= 4 is 51.9 Å². The van der Waals surface area contributed by atoms with Gasteiger partial charge in [-0.1, -0.05) is 11.6 Å². The summed E-state index contributed by atoms with van der Waals surface area (Å²) in [6, 6.07) is 5.82. The molecule has 2 aromatic rings. The first kappa shape index (κ1) is 14.7. The van der Waals surface area contributed by atoms with Gasteiger partial charge in [-0.15, -0.1) is 0 Å². The van der Waals surface area contributed by atoms with Gasteiger partial charge in [-0.25, -0.2) is 9.98 Å². The average Bonchev–Trinajstić information content (AvgIpc) is 2.41. The molecular formula is C12H6ClIN3O3-. The van der Waals surface area contributed by atoms with Crippen molar-refractivity contribution in [1.29, 1.82) is 0 Å². The van der Waals surface area contributed by atoms with E-state index in [1.54, 1.807) is 18.3 Å². The van der Waals surface area contributed by atoms with Gasteiger partial charge in [0.1, 0.15) is 0 Å². The predicted molar refractivity (Wildman–Crippen MR) is 81.8 cm³/mol. The number of aromatic nitrogens is 1. The molecule has 0 N–H and O–H groups in total. The van der Waals surface area contributed by atoms with Crippen molar-refractivity contribution in [2.24, 2.45) is 4.99 Å².